The van der Waals surface area contributed by atoms with Gasteiger partial charge in [0.1, 0.15) is 17.4 Å². The van der Waals surface area contributed by atoms with Gasteiger partial charge < -0.3 is 19.1 Å². The molecule has 0 radical (unpaired) electrons. The minimum atomic E-state index is -1.13. The average Bonchev–Trinajstić information content (AvgIpc) is 3.08. The number of imide groups is 1. The molecule has 1 atom stereocenters. The molecular weight excluding hydrogens is 508 g/mol. The van der Waals surface area contributed by atoms with Gasteiger partial charge in [-0.05, 0) is 102 Å². The molecule has 8 nitrogen and oxygen atoms in total. The number of carbonyl (C=O) groups is 3. The molecule has 0 spiro atoms. The fraction of sp³-hybridized carbons (Fsp3) is 0.531. The van der Waals surface area contributed by atoms with E-state index < -0.39 is 23.2 Å². The number of esters is 1. The molecule has 2 aromatic rings. The Bertz CT molecular complexity index is 1200. The maximum absolute atomic E-state index is 13.4. The molecule has 0 N–H and O–H groups in total. The summed E-state index contributed by atoms with van der Waals surface area (Å²) in [7, 11) is 1.59. The van der Waals surface area contributed by atoms with E-state index in [0.717, 1.165) is 29.5 Å². The van der Waals surface area contributed by atoms with E-state index in [1.54, 1.807) is 25.9 Å². The molecule has 3 amide bonds. The topological polar surface area (TPSA) is 85.4 Å². The largest absolute Gasteiger partial charge is 0.476 e. The minimum Gasteiger partial charge on any atom is -0.476 e. The molecular formula is C32H44N2O6. The molecule has 8 heteroatoms. The van der Waals surface area contributed by atoms with E-state index in [-0.39, 0.29) is 18.5 Å². The second-order valence-electron chi connectivity index (χ2n) is 12.0. The van der Waals surface area contributed by atoms with Gasteiger partial charge in [0, 0.05) is 13.7 Å². The normalized spacial score (nSPS) is 16.1. The highest BCUT2D eigenvalue weighted by Gasteiger charge is 2.44. The van der Waals surface area contributed by atoms with Crippen molar-refractivity contribution in [2.45, 2.75) is 91.5 Å². The molecule has 1 fully saturated rings. The summed E-state index contributed by atoms with van der Waals surface area (Å²) in [6.45, 7) is 13.9. The van der Waals surface area contributed by atoms with Crippen molar-refractivity contribution in [1.29, 1.82) is 0 Å². The number of ether oxygens (including phenoxy) is 3. The lowest BCUT2D eigenvalue weighted by atomic mass is 10.0. The van der Waals surface area contributed by atoms with Gasteiger partial charge in [-0.1, -0.05) is 30.3 Å². The number of amides is 3. The predicted octanol–water partition coefficient (Wildman–Crippen LogP) is 5.60. The van der Waals surface area contributed by atoms with Gasteiger partial charge in [0.2, 0.25) is 0 Å². The summed E-state index contributed by atoms with van der Waals surface area (Å²) in [6.07, 6.45) is 2.03. The van der Waals surface area contributed by atoms with Crippen LogP contribution in [0.3, 0.4) is 0 Å². The summed E-state index contributed by atoms with van der Waals surface area (Å²) in [5, 5.41) is 0. The van der Waals surface area contributed by atoms with Crippen LogP contribution < -0.4 is 4.74 Å². The molecule has 1 heterocycles. The van der Waals surface area contributed by atoms with Crippen molar-refractivity contribution in [3.8, 4) is 5.75 Å². The van der Waals surface area contributed by atoms with Gasteiger partial charge in [0.05, 0.1) is 13.2 Å². The Balaban J connectivity index is 1.61. The van der Waals surface area contributed by atoms with E-state index in [9.17, 15) is 14.4 Å². The van der Waals surface area contributed by atoms with Crippen LogP contribution in [0.4, 0.5) is 4.79 Å². The number of hydrogen-bond donors (Lipinski definition) is 0. The molecule has 2 aromatic carbocycles. The Morgan fingerprint density at radius 1 is 0.925 bits per heavy atom. The summed E-state index contributed by atoms with van der Waals surface area (Å²) in [6, 6.07) is 12.8. The molecule has 218 valence electrons. The second kappa shape index (κ2) is 12.9. The predicted molar refractivity (Wildman–Crippen MR) is 154 cm³/mol. The zero-order valence-corrected chi connectivity index (χ0v) is 25.2. The summed E-state index contributed by atoms with van der Waals surface area (Å²) in [5.74, 6) is -0.0132. The molecule has 0 aromatic heterocycles. The summed E-state index contributed by atoms with van der Waals surface area (Å²) in [4.78, 5) is 42.1. The first-order chi connectivity index (χ1) is 18.7. The van der Waals surface area contributed by atoms with Crippen molar-refractivity contribution >= 4 is 17.9 Å². The molecule has 1 saturated heterocycles. The first kappa shape index (κ1) is 31.1. The smallest absolute Gasteiger partial charge is 0.350 e. The number of nitrogens with zero attached hydrogens (tertiary/aromatic N) is 2. The zero-order chi connectivity index (χ0) is 29.7. The molecule has 40 heavy (non-hydrogen) atoms. The van der Waals surface area contributed by atoms with Crippen LogP contribution in [-0.2, 0) is 32.0 Å². The Labute approximate surface area is 238 Å². The Morgan fingerprint density at radius 3 is 2.17 bits per heavy atom. The number of rotatable bonds is 12. The maximum Gasteiger partial charge on any atom is 0.350 e. The number of benzene rings is 2. The highest BCUT2D eigenvalue weighted by Crippen LogP contribution is 2.26. The fourth-order valence-electron chi connectivity index (χ4n) is 4.61. The van der Waals surface area contributed by atoms with Crippen LogP contribution in [0.15, 0.2) is 42.5 Å². The Morgan fingerprint density at radius 2 is 1.57 bits per heavy atom. The summed E-state index contributed by atoms with van der Waals surface area (Å²) >= 11 is 0. The van der Waals surface area contributed by atoms with Gasteiger partial charge in [-0.15, -0.1) is 0 Å². The van der Waals surface area contributed by atoms with Crippen molar-refractivity contribution in [1.82, 2.24) is 9.80 Å². The lowest BCUT2D eigenvalue weighted by Crippen LogP contribution is -2.43. The Hall–Kier alpha value is -3.39. The molecule has 0 aliphatic carbocycles. The third kappa shape index (κ3) is 8.07. The minimum absolute atomic E-state index is 0.160. The average molecular weight is 553 g/mol. The summed E-state index contributed by atoms with van der Waals surface area (Å²) < 4.78 is 16.6. The van der Waals surface area contributed by atoms with Crippen LogP contribution in [0.5, 0.6) is 5.75 Å². The van der Waals surface area contributed by atoms with Crippen LogP contribution in [0, 0.1) is 13.8 Å². The standard InChI is InChI=1S/C32H44N2O6/c1-22-12-13-25(20-23(22)2)21-34-28(35)27(33(30(34)37)18-19-38-8)11-9-10-24-14-16-26(17-15-24)39-32(6,7)29(36)40-31(3,4)5/h12-17,20,27H,9-11,18-19,21H2,1-8H3. The maximum atomic E-state index is 13.4. The third-order valence-electron chi connectivity index (χ3n) is 6.98. The van der Waals surface area contributed by atoms with Gasteiger partial charge in [-0.2, -0.15) is 0 Å². The first-order valence-electron chi connectivity index (χ1n) is 13.9. The van der Waals surface area contributed by atoms with Crippen LogP contribution >= 0.6 is 0 Å². The number of hydrogen-bond acceptors (Lipinski definition) is 6. The molecule has 0 saturated carbocycles. The lowest BCUT2D eigenvalue weighted by Gasteiger charge is -2.29. The SMILES string of the molecule is COCCN1C(=O)N(Cc2ccc(C)c(C)c2)C(=O)C1CCCc1ccc(OC(C)(C)C(=O)OC(C)(C)C)cc1. The van der Waals surface area contributed by atoms with Gasteiger partial charge in [-0.25, -0.2) is 9.59 Å². The van der Waals surface area contributed by atoms with E-state index in [4.69, 9.17) is 14.2 Å². The van der Waals surface area contributed by atoms with Crippen molar-refractivity contribution in [3.05, 3.63) is 64.7 Å². The van der Waals surface area contributed by atoms with E-state index in [1.807, 2.05) is 77.1 Å². The van der Waals surface area contributed by atoms with E-state index in [1.165, 1.54) is 10.5 Å². The first-order valence-corrected chi connectivity index (χ1v) is 13.9. The molecule has 1 unspecified atom stereocenters. The van der Waals surface area contributed by atoms with Crippen LogP contribution in [-0.4, -0.2) is 65.2 Å². The van der Waals surface area contributed by atoms with E-state index in [2.05, 4.69) is 0 Å². The van der Waals surface area contributed by atoms with E-state index in [0.29, 0.717) is 25.3 Å². The van der Waals surface area contributed by atoms with Crippen molar-refractivity contribution in [2.75, 3.05) is 20.3 Å². The molecule has 1 aliphatic rings. The van der Waals surface area contributed by atoms with Gasteiger partial charge in [0.15, 0.2) is 5.60 Å². The summed E-state index contributed by atoms with van der Waals surface area (Å²) in [5.41, 5.74) is 2.61. The monoisotopic (exact) mass is 552 g/mol. The zero-order valence-electron chi connectivity index (χ0n) is 25.2. The molecule has 0 bridgehead atoms. The van der Waals surface area contributed by atoms with Crippen molar-refractivity contribution in [3.63, 3.8) is 0 Å². The number of aryl methyl sites for hydroxylation is 3. The highest BCUT2D eigenvalue weighted by atomic mass is 16.6. The second-order valence-corrected chi connectivity index (χ2v) is 12.0. The van der Waals surface area contributed by atoms with Gasteiger partial charge in [0.25, 0.3) is 5.91 Å². The molecule has 1 aliphatic heterocycles. The number of methoxy groups -OCH3 is 1. The van der Waals surface area contributed by atoms with Crippen LogP contribution in [0.1, 0.15) is 69.7 Å². The van der Waals surface area contributed by atoms with Crippen LogP contribution in [0.25, 0.3) is 0 Å². The quantitative estimate of drug-likeness (QED) is 0.252. The number of carbonyl (C=O) groups excluding carboxylic acids is 3. The van der Waals surface area contributed by atoms with Gasteiger partial charge >= 0.3 is 12.0 Å². The third-order valence-corrected chi connectivity index (χ3v) is 6.98. The molecule has 3 rings (SSSR count). The number of urea groups is 1. The Kier molecular flexibility index (Phi) is 10.0. The highest BCUT2D eigenvalue weighted by molar-refractivity contribution is 6.04. The van der Waals surface area contributed by atoms with E-state index >= 15 is 0 Å². The van der Waals surface area contributed by atoms with Crippen molar-refractivity contribution in [2.24, 2.45) is 0 Å². The fourth-order valence-corrected chi connectivity index (χ4v) is 4.61. The van der Waals surface area contributed by atoms with Gasteiger partial charge in [-0.3, -0.25) is 9.69 Å². The van der Waals surface area contributed by atoms with Crippen LogP contribution in [0.2, 0.25) is 0 Å². The lowest BCUT2D eigenvalue weighted by molar-refractivity contribution is -0.170. The van der Waals surface area contributed by atoms with Crippen molar-refractivity contribution < 1.29 is 28.6 Å².